The summed E-state index contributed by atoms with van der Waals surface area (Å²) < 4.78 is 79.8. The quantitative estimate of drug-likeness (QED) is 0.160. The fourth-order valence-electron chi connectivity index (χ4n) is 4.25. The van der Waals surface area contributed by atoms with E-state index in [0.29, 0.717) is 22.3 Å². The summed E-state index contributed by atoms with van der Waals surface area (Å²) in [5.41, 5.74) is 0.201. The second-order valence-corrected chi connectivity index (χ2v) is 11.7. The smallest absolute Gasteiger partial charge is 0.393 e. The number of ketones is 1. The van der Waals surface area contributed by atoms with Crippen molar-refractivity contribution in [3.8, 4) is 17.0 Å². The van der Waals surface area contributed by atoms with E-state index in [2.05, 4.69) is 20.5 Å². The number of Topliss-reactive ketones (excluding diaryl/α,β-unsaturated/α-hetero) is 1. The lowest BCUT2D eigenvalue weighted by Crippen LogP contribution is -2.26. The summed E-state index contributed by atoms with van der Waals surface area (Å²) in [4.78, 5) is 17.1. The fourth-order valence-corrected chi connectivity index (χ4v) is 4.98. The molecule has 0 saturated carbocycles. The molecule has 2 aromatic heterocycles. The van der Waals surface area contributed by atoms with Crippen molar-refractivity contribution in [2.24, 2.45) is 0 Å². The van der Waals surface area contributed by atoms with Crippen LogP contribution in [0.4, 0.5) is 29.1 Å². The summed E-state index contributed by atoms with van der Waals surface area (Å²) in [5, 5.41) is 20.1. The molecule has 218 valence electrons. The zero-order valence-corrected chi connectivity index (χ0v) is 23.5. The van der Waals surface area contributed by atoms with E-state index in [-0.39, 0.29) is 52.4 Å². The molecular weight excluding hydrogens is 590 g/mol. The first-order valence-corrected chi connectivity index (χ1v) is 14.3. The predicted molar refractivity (Wildman–Crippen MR) is 147 cm³/mol. The first-order chi connectivity index (χ1) is 19.1. The number of aromatic amines is 1. The molecule has 9 nitrogen and oxygen atoms in total. The molecule has 0 aliphatic carbocycles. The van der Waals surface area contributed by atoms with Gasteiger partial charge in [-0.15, -0.1) is 0 Å². The number of H-pyrrole nitrogens is 1. The van der Waals surface area contributed by atoms with Crippen molar-refractivity contribution in [2.75, 3.05) is 22.9 Å². The Morgan fingerprint density at radius 2 is 1.88 bits per heavy atom. The highest BCUT2D eigenvalue weighted by atomic mass is 35.5. The Bertz CT molecular complexity index is 1760. The number of sulfonamides is 1. The Kier molecular flexibility index (Phi) is 8.18. The van der Waals surface area contributed by atoms with Gasteiger partial charge in [0.1, 0.15) is 11.5 Å². The van der Waals surface area contributed by atoms with Crippen LogP contribution in [0, 0.1) is 5.82 Å². The molecule has 4 rings (SSSR count). The SMILES string of the molecule is CCC(=O)c1n[nH]c2cc(-c3cc(F)c(O)cc3CC(F)(F)F)nc(NCc3cc(Cl)ccc3N(C)S(C)(=O)=O)c12. The Hall–Kier alpha value is -3.91. The summed E-state index contributed by atoms with van der Waals surface area (Å²) in [5.74, 6) is -2.43. The number of fused-ring (bicyclic) bond motifs is 1. The maximum atomic E-state index is 14.4. The molecular formula is C26H24ClF4N5O4S. The van der Waals surface area contributed by atoms with Gasteiger partial charge in [-0.2, -0.15) is 18.3 Å². The number of nitrogens with one attached hydrogen (secondary N) is 2. The minimum atomic E-state index is -4.67. The van der Waals surface area contributed by atoms with Gasteiger partial charge >= 0.3 is 6.18 Å². The number of halogens is 5. The molecule has 15 heteroatoms. The van der Waals surface area contributed by atoms with E-state index >= 15 is 0 Å². The number of aromatic hydroxyl groups is 1. The molecule has 0 amide bonds. The maximum absolute atomic E-state index is 14.4. The molecule has 2 aromatic carbocycles. The molecule has 0 atom stereocenters. The van der Waals surface area contributed by atoms with Crippen LogP contribution in [0.2, 0.25) is 5.02 Å². The van der Waals surface area contributed by atoms with Crippen LogP contribution in [0.15, 0.2) is 36.4 Å². The van der Waals surface area contributed by atoms with Crippen LogP contribution in [0.3, 0.4) is 0 Å². The highest BCUT2D eigenvalue weighted by molar-refractivity contribution is 7.92. The van der Waals surface area contributed by atoms with Gasteiger partial charge in [0.25, 0.3) is 0 Å². The molecule has 0 radical (unpaired) electrons. The number of anilines is 2. The molecule has 41 heavy (non-hydrogen) atoms. The van der Waals surface area contributed by atoms with Gasteiger partial charge in [-0.25, -0.2) is 17.8 Å². The largest absolute Gasteiger partial charge is 0.505 e. The van der Waals surface area contributed by atoms with Crippen molar-refractivity contribution in [3.05, 3.63) is 64.1 Å². The standard InChI is InChI=1S/C26H24ClF4N5O4S/c1-4-21(37)24-23-19(34-35-24)10-18(16-9-17(28)22(38)8-13(16)11-26(29,30)31)33-25(23)32-12-14-7-15(27)5-6-20(14)36(2)41(3,39)40/h5-10,38H,4,11-12H2,1-3H3,(H,32,33)(H,34,35). The van der Waals surface area contributed by atoms with Gasteiger partial charge in [0.15, 0.2) is 17.3 Å². The topological polar surface area (TPSA) is 128 Å². The minimum absolute atomic E-state index is 0.0161. The average molecular weight is 614 g/mol. The van der Waals surface area contributed by atoms with E-state index in [1.54, 1.807) is 6.92 Å². The number of alkyl halides is 3. The molecule has 0 bridgehead atoms. The van der Waals surface area contributed by atoms with E-state index < -0.39 is 39.8 Å². The number of aromatic nitrogens is 3. The monoisotopic (exact) mass is 613 g/mol. The average Bonchev–Trinajstić information content (AvgIpc) is 3.31. The third-order valence-electron chi connectivity index (χ3n) is 6.29. The lowest BCUT2D eigenvalue weighted by atomic mass is 9.99. The van der Waals surface area contributed by atoms with Crippen molar-refractivity contribution in [3.63, 3.8) is 0 Å². The number of pyridine rings is 1. The van der Waals surface area contributed by atoms with Crippen LogP contribution in [0.1, 0.15) is 35.0 Å². The van der Waals surface area contributed by atoms with Gasteiger partial charge in [0, 0.05) is 30.6 Å². The Labute approximate surface area is 237 Å². The van der Waals surface area contributed by atoms with Gasteiger partial charge in [0.05, 0.1) is 35.0 Å². The van der Waals surface area contributed by atoms with Crippen LogP contribution < -0.4 is 9.62 Å². The first-order valence-electron chi connectivity index (χ1n) is 12.1. The van der Waals surface area contributed by atoms with Crippen LogP contribution >= 0.6 is 11.6 Å². The number of phenolic OH excluding ortho intramolecular Hbond substituents is 1. The van der Waals surface area contributed by atoms with Crippen LogP contribution in [-0.4, -0.2) is 54.0 Å². The zero-order chi connectivity index (χ0) is 30.3. The molecule has 0 unspecified atom stereocenters. The van der Waals surface area contributed by atoms with Crippen molar-refractivity contribution in [1.82, 2.24) is 15.2 Å². The van der Waals surface area contributed by atoms with E-state index in [1.165, 1.54) is 31.3 Å². The molecule has 0 spiro atoms. The third-order valence-corrected chi connectivity index (χ3v) is 7.72. The first kappa shape index (κ1) is 30.1. The number of hydrogen-bond acceptors (Lipinski definition) is 7. The number of carbonyl (C=O) groups is 1. The molecule has 0 fully saturated rings. The maximum Gasteiger partial charge on any atom is 0.393 e. The van der Waals surface area contributed by atoms with Crippen LogP contribution in [-0.2, 0) is 23.0 Å². The Morgan fingerprint density at radius 1 is 1.17 bits per heavy atom. The lowest BCUT2D eigenvalue weighted by Gasteiger charge is -2.21. The van der Waals surface area contributed by atoms with Crippen molar-refractivity contribution < 1.29 is 35.9 Å². The Balaban J connectivity index is 1.89. The number of carbonyl (C=O) groups excluding carboxylic acids is 1. The summed E-state index contributed by atoms with van der Waals surface area (Å²) in [6.45, 7) is 1.55. The number of hydrogen-bond donors (Lipinski definition) is 3. The highest BCUT2D eigenvalue weighted by Crippen LogP contribution is 2.36. The van der Waals surface area contributed by atoms with Gasteiger partial charge in [-0.1, -0.05) is 18.5 Å². The lowest BCUT2D eigenvalue weighted by molar-refractivity contribution is -0.127. The normalized spacial score (nSPS) is 12.1. The number of phenols is 1. The van der Waals surface area contributed by atoms with Crippen LogP contribution in [0.25, 0.3) is 22.2 Å². The number of rotatable bonds is 9. The molecule has 3 N–H and O–H groups in total. The molecule has 4 aromatic rings. The highest BCUT2D eigenvalue weighted by Gasteiger charge is 2.31. The summed E-state index contributed by atoms with van der Waals surface area (Å²) in [6, 6.07) is 7.31. The van der Waals surface area contributed by atoms with E-state index in [4.69, 9.17) is 11.6 Å². The van der Waals surface area contributed by atoms with Crippen LogP contribution in [0.5, 0.6) is 5.75 Å². The van der Waals surface area contributed by atoms with Crippen molar-refractivity contribution in [2.45, 2.75) is 32.5 Å². The molecule has 2 heterocycles. The van der Waals surface area contributed by atoms with Gasteiger partial charge in [0.2, 0.25) is 10.0 Å². The van der Waals surface area contributed by atoms with Crippen molar-refractivity contribution in [1.29, 1.82) is 0 Å². The molecule has 0 aliphatic rings. The molecule has 0 aliphatic heterocycles. The van der Waals surface area contributed by atoms with Gasteiger partial charge < -0.3 is 10.4 Å². The zero-order valence-electron chi connectivity index (χ0n) is 21.9. The summed E-state index contributed by atoms with van der Waals surface area (Å²) in [7, 11) is -2.30. The number of benzene rings is 2. The Morgan fingerprint density at radius 3 is 2.51 bits per heavy atom. The van der Waals surface area contributed by atoms with Crippen molar-refractivity contribution >= 4 is 49.8 Å². The summed E-state index contributed by atoms with van der Waals surface area (Å²) >= 11 is 6.16. The third kappa shape index (κ3) is 6.54. The second-order valence-electron chi connectivity index (χ2n) is 9.24. The van der Waals surface area contributed by atoms with E-state index in [0.717, 1.165) is 16.6 Å². The van der Waals surface area contributed by atoms with Gasteiger partial charge in [-0.3, -0.25) is 14.2 Å². The van der Waals surface area contributed by atoms with E-state index in [9.17, 15) is 35.9 Å². The second kappa shape index (κ2) is 11.2. The summed E-state index contributed by atoms with van der Waals surface area (Å²) in [6.07, 6.45) is -5.02. The predicted octanol–water partition coefficient (Wildman–Crippen LogP) is 5.83. The number of nitrogens with zero attached hydrogens (tertiary/aromatic N) is 3. The molecule has 0 saturated heterocycles. The van der Waals surface area contributed by atoms with E-state index in [1.807, 2.05) is 0 Å². The van der Waals surface area contributed by atoms with Gasteiger partial charge in [-0.05, 0) is 47.5 Å². The minimum Gasteiger partial charge on any atom is -0.505 e. The fraction of sp³-hybridized carbons (Fsp3) is 0.269.